The van der Waals surface area contributed by atoms with Crippen LogP contribution in [0.3, 0.4) is 0 Å². The fourth-order valence-corrected chi connectivity index (χ4v) is 12.3. The second kappa shape index (κ2) is 22.1. The van der Waals surface area contributed by atoms with Crippen LogP contribution in [0.2, 0.25) is 0 Å². The minimum Gasteiger partial charge on any atom is -0.488 e. The molecule has 4 amide bonds. The van der Waals surface area contributed by atoms with Gasteiger partial charge in [0.2, 0.25) is 11.8 Å². The van der Waals surface area contributed by atoms with Crippen LogP contribution in [0.25, 0.3) is 44.2 Å². The van der Waals surface area contributed by atoms with Gasteiger partial charge in [-0.2, -0.15) is 0 Å². The highest BCUT2D eigenvalue weighted by molar-refractivity contribution is 6.07. The highest BCUT2D eigenvalue weighted by atomic mass is 16.5. The van der Waals surface area contributed by atoms with Gasteiger partial charge in [0.05, 0.1) is 80.3 Å². The van der Waals surface area contributed by atoms with Gasteiger partial charge in [-0.1, -0.05) is 31.5 Å². The zero-order valence-electron chi connectivity index (χ0n) is 43.6. The molecule has 4 aliphatic rings. The average molecular weight is 1010 g/mol. The van der Waals surface area contributed by atoms with Gasteiger partial charge in [-0.25, -0.2) is 19.6 Å². The van der Waals surface area contributed by atoms with Crippen LogP contribution in [-0.4, -0.2) is 131 Å². The third kappa shape index (κ3) is 10.7. The molecule has 4 N–H and O–H groups in total. The Morgan fingerprint density at radius 1 is 0.822 bits per heavy atom. The number of amides is 4. The number of fused-ring (bicyclic) bond motifs is 6. The Kier molecular flexibility index (Phi) is 15.6. The SMILES string of the molecule is CCC[C@@H](c1ncc(-c2ccc3c(c2)COc2cc4c(ccc5nc(C6C[C@H](COC)CN6C(=O)[C@@H](NC(=O)OC)C6C[C@@H](C)O[C@H](C)C6)[nH]c54)cc2-3)[nH]1)N(CC)C(=O)[C@@H](NC(=O)OC)C1C[C@@H](C)O[C@H](C)C1. The molecule has 2 aromatic heterocycles. The van der Waals surface area contributed by atoms with E-state index in [0.717, 1.165) is 61.9 Å². The molecule has 1 unspecified atom stereocenters. The first kappa shape index (κ1) is 51.7. The number of benzene rings is 3. The number of carbonyl (C=O) groups excluding carboxylic acids is 4. The van der Waals surface area contributed by atoms with Gasteiger partial charge in [-0.15, -0.1) is 0 Å². The fourth-order valence-electron chi connectivity index (χ4n) is 12.3. The lowest BCUT2D eigenvalue weighted by Gasteiger charge is -2.39. The predicted molar refractivity (Wildman–Crippen MR) is 275 cm³/mol. The number of nitrogens with one attached hydrogen (secondary N) is 4. The van der Waals surface area contributed by atoms with Crippen LogP contribution in [0.15, 0.2) is 48.7 Å². The number of aromatic nitrogens is 4. The van der Waals surface area contributed by atoms with Crippen molar-refractivity contribution < 1.29 is 47.6 Å². The molecule has 73 heavy (non-hydrogen) atoms. The molecule has 6 heterocycles. The summed E-state index contributed by atoms with van der Waals surface area (Å²) in [5.74, 6) is 1.58. The summed E-state index contributed by atoms with van der Waals surface area (Å²) in [6, 6.07) is 12.4. The van der Waals surface area contributed by atoms with Crippen molar-refractivity contribution in [3.63, 3.8) is 0 Å². The van der Waals surface area contributed by atoms with Crippen molar-refractivity contribution in [1.82, 2.24) is 40.4 Å². The molecule has 0 radical (unpaired) electrons. The van der Waals surface area contributed by atoms with E-state index >= 15 is 0 Å². The Morgan fingerprint density at radius 2 is 1.49 bits per heavy atom. The minimum absolute atomic E-state index is 0.0461. The van der Waals surface area contributed by atoms with Crippen LogP contribution in [0.1, 0.15) is 116 Å². The molecule has 0 aliphatic carbocycles. The number of likely N-dealkylation sites (N-methyl/N-ethyl adjacent to an activating group) is 1. The number of imidazole rings is 2. The molecule has 0 bridgehead atoms. The molecule has 9 rings (SSSR count). The maximum absolute atomic E-state index is 14.7. The van der Waals surface area contributed by atoms with Crippen molar-refractivity contribution in [3.8, 4) is 28.1 Å². The molecular weight excluding hydrogens is 933 g/mol. The Labute approximate surface area is 426 Å². The van der Waals surface area contributed by atoms with Crippen LogP contribution >= 0.6 is 0 Å². The number of nitrogens with zero attached hydrogens (tertiary/aromatic N) is 4. The van der Waals surface area contributed by atoms with Crippen LogP contribution in [0.5, 0.6) is 5.75 Å². The van der Waals surface area contributed by atoms with Gasteiger partial charge in [0.25, 0.3) is 0 Å². The van der Waals surface area contributed by atoms with E-state index < -0.39 is 24.3 Å². The van der Waals surface area contributed by atoms with Gasteiger partial charge in [0.15, 0.2) is 0 Å². The summed E-state index contributed by atoms with van der Waals surface area (Å²) < 4.78 is 34.1. The molecule has 4 aliphatic heterocycles. The largest absolute Gasteiger partial charge is 0.488 e. The Bertz CT molecular complexity index is 2790. The van der Waals surface area contributed by atoms with Crippen LogP contribution in [-0.2, 0) is 39.9 Å². The lowest BCUT2D eigenvalue weighted by molar-refractivity contribution is -0.140. The predicted octanol–water partition coefficient (Wildman–Crippen LogP) is 8.75. The molecule has 18 heteroatoms. The normalized spacial score (nSPS) is 25.0. The van der Waals surface area contributed by atoms with E-state index in [1.807, 2.05) is 56.7 Å². The van der Waals surface area contributed by atoms with Gasteiger partial charge >= 0.3 is 12.2 Å². The molecule has 0 saturated carbocycles. The quantitative estimate of drug-likeness (QED) is 0.0776. The first-order chi connectivity index (χ1) is 35.2. The summed E-state index contributed by atoms with van der Waals surface area (Å²) in [6.07, 6.45) is 5.00. The maximum Gasteiger partial charge on any atom is 0.407 e. The van der Waals surface area contributed by atoms with Crippen molar-refractivity contribution in [2.45, 2.75) is 142 Å². The Balaban J connectivity index is 0.972. The van der Waals surface area contributed by atoms with Gasteiger partial charge in [0.1, 0.15) is 36.1 Å². The molecule has 9 atom stereocenters. The van der Waals surface area contributed by atoms with E-state index in [-0.39, 0.29) is 66.1 Å². The van der Waals surface area contributed by atoms with E-state index in [9.17, 15) is 19.2 Å². The van der Waals surface area contributed by atoms with Gasteiger partial charge < -0.3 is 58.8 Å². The first-order valence-electron chi connectivity index (χ1n) is 26.1. The van der Waals surface area contributed by atoms with Crippen molar-refractivity contribution in [2.24, 2.45) is 17.8 Å². The van der Waals surface area contributed by atoms with Crippen LogP contribution in [0, 0.1) is 17.8 Å². The number of hydrogen-bond donors (Lipinski definition) is 4. The van der Waals surface area contributed by atoms with Crippen molar-refractivity contribution in [3.05, 3.63) is 65.9 Å². The minimum atomic E-state index is -0.796. The summed E-state index contributed by atoms with van der Waals surface area (Å²) in [6.45, 7) is 13.8. The molecule has 3 aromatic carbocycles. The highest BCUT2D eigenvalue weighted by Crippen LogP contribution is 2.44. The van der Waals surface area contributed by atoms with Crippen LogP contribution < -0.4 is 15.4 Å². The maximum atomic E-state index is 14.7. The topological polar surface area (TPSA) is 212 Å². The highest BCUT2D eigenvalue weighted by Gasteiger charge is 2.45. The molecule has 392 valence electrons. The lowest BCUT2D eigenvalue weighted by Crippen LogP contribution is -2.55. The molecular formula is C55H72N8O10. The summed E-state index contributed by atoms with van der Waals surface area (Å²) in [7, 11) is 4.29. The molecule has 3 fully saturated rings. The Morgan fingerprint density at radius 3 is 2.14 bits per heavy atom. The second-order valence-corrected chi connectivity index (χ2v) is 20.7. The number of hydrogen-bond acceptors (Lipinski definition) is 12. The fraction of sp³-hybridized carbons (Fsp3) is 0.564. The van der Waals surface area contributed by atoms with Crippen LogP contribution in [0.4, 0.5) is 9.59 Å². The lowest BCUT2D eigenvalue weighted by atomic mass is 9.85. The van der Waals surface area contributed by atoms with E-state index in [4.69, 9.17) is 38.4 Å². The summed E-state index contributed by atoms with van der Waals surface area (Å²) in [5.41, 5.74) is 6.45. The third-order valence-corrected chi connectivity index (χ3v) is 15.4. The van der Waals surface area contributed by atoms with Crippen molar-refractivity contribution in [2.75, 3.05) is 41.0 Å². The molecule has 5 aromatic rings. The van der Waals surface area contributed by atoms with E-state index in [2.05, 4.69) is 63.9 Å². The summed E-state index contributed by atoms with van der Waals surface area (Å²) in [5, 5.41) is 7.73. The number of carbonyl (C=O) groups is 4. The monoisotopic (exact) mass is 1000 g/mol. The molecule has 0 spiro atoms. The number of alkyl carbamates (subject to hydrolysis) is 2. The molecule has 18 nitrogen and oxygen atoms in total. The van der Waals surface area contributed by atoms with Crippen molar-refractivity contribution in [1.29, 1.82) is 0 Å². The average Bonchev–Trinajstić information content (AvgIpc) is 4.15. The van der Waals surface area contributed by atoms with Gasteiger partial charge in [-0.05, 0) is 131 Å². The first-order valence-corrected chi connectivity index (χ1v) is 26.1. The van der Waals surface area contributed by atoms with E-state index in [1.165, 1.54) is 14.2 Å². The number of methoxy groups -OCH3 is 3. The van der Waals surface area contributed by atoms with E-state index in [1.54, 1.807) is 7.11 Å². The zero-order valence-corrected chi connectivity index (χ0v) is 43.6. The number of rotatable bonds is 15. The van der Waals surface area contributed by atoms with Gasteiger partial charge in [-0.3, -0.25) is 9.59 Å². The zero-order chi connectivity index (χ0) is 51.7. The number of likely N-dealkylation sites (tertiary alicyclic amines) is 1. The third-order valence-electron chi connectivity index (χ3n) is 15.4. The van der Waals surface area contributed by atoms with Gasteiger partial charge in [0, 0.05) is 37.1 Å². The summed E-state index contributed by atoms with van der Waals surface area (Å²) >= 11 is 0. The van der Waals surface area contributed by atoms with Crippen molar-refractivity contribution >= 4 is 45.8 Å². The Hall–Kier alpha value is -6.24. The number of aromatic amines is 2. The standard InChI is InChI=1S/C55H72N8O10/c1-10-12-44(62(11-2)52(64)47(60-54(66)69-8)36-17-29(3)72-30(4)18-36)50-56-25-43(58-50)35-13-15-39-38(22-35)28-71-46-24-40-34(23-41(39)46)14-16-42-49(40)59-51(57-42)45-21-33(27-68-7)26-63(45)53(65)48(61-55(67)70-9)37-19-31(5)73-32(6)20-37/h13-16,22-25,29-33,36-37,44-45,47-48H,10-12,17-21,26-28H2,1-9H3,(H,56,58)(H,57,59)(H,60,66)(H,61,67)/t29-,30-,31-,32-,33+,44+,45?,47+,48+/m1/s1. The second-order valence-electron chi connectivity index (χ2n) is 20.7. The summed E-state index contributed by atoms with van der Waals surface area (Å²) in [4.78, 5) is 75.5. The number of H-pyrrole nitrogens is 2. The molecule has 3 saturated heterocycles. The smallest absolute Gasteiger partial charge is 0.407 e. The number of ether oxygens (including phenoxy) is 6. The van der Waals surface area contributed by atoms with E-state index in [0.29, 0.717) is 76.5 Å².